The van der Waals surface area contributed by atoms with Crippen LogP contribution in [0.5, 0.6) is 0 Å². The minimum atomic E-state index is 0.169. The van der Waals surface area contributed by atoms with Gasteiger partial charge in [-0.2, -0.15) is 0 Å². The summed E-state index contributed by atoms with van der Waals surface area (Å²) in [7, 11) is 1.95. The van der Waals surface area contributed by atoms with E-state index >= 15 is 0 Å². The summed E-state index contributed by atoms with van der Waals surface area (Å²) in [5, 5.41) is 11.4. The number of nitrogens with zero attached hydrogens (tertiary/aromatic N) is 5. The Kier molecular flexibility index (Phi) is 3.53. The summed E-state index contributed by atoms with van der Waals surface area (Å²) >= 11 is 0. The van der Waals surface area contributed by atoms with Gasteiger partial charge in [0.25, 0.3) is 0 Å². The van der Waals surface area contributed by atoms with E-state index in [9.17, 15) is 0 Å². The normalized spacial score (nSPS) is 12.9. The standard InChI is InChI=1S/C11H18N6/c1-4-17-7-12-5-10(17)6-13-9(2)11-15-14-8-16(11)3/h5,7-9,13H,4,6H2,1-3H3. The van der Waals surface area contributed by atoms with Crippen molar-refractivity contribution in [3.63, 3.8) is 0 Å². The Balaban J connectivity index is 1.97. The highest BCUT2D eigenvalue weighted by Gasteiger charge is 2.11. The molecule has 92 valence electrons. The highest BCUT2D eigenvalue weighted by molar-refractivity contribution is 5.00. The van der Waals surface area contributed by atoms with Crippen LogP contribution in [-0.4, -0.2) is 24.3 Å². The molecule has 0 saturated carbocycles. The molecule has 0 amide bonds. The van der Waals surface area contributed by atoms with Crippen LogP contribution in [0, 0.1) is 0 Å². The third-order valence-electron chi connectivity index (χ3n) is 2.86. The van der Waals surface area contributed by atoms with E-state index in [-0.39, 0.29) is 6.04 Å². The van der Waals surface area contributed by atoms with Crippen molar-refractivity contribution in [1.82, 2.24) is 29.6 Å². The zero-order valence-corrected chi connectivity index (χ0v) is 10.5. The molecule has 1 N–H and O–H groups in total. The third-order valence-corrected chi connectivity index (χ3v) is 2.86. The predicted octanol–water partition coefficient (Wildman–Crippen LogP) is 0.882. The smallest absolute Gasteiger partial charge is 0.149 e. The van der Waals surface area contributed by atoms with Gasteiger partial charge in [0.1, 0.15) is 12.2 Å². The molecular weight excluding hydrogens is 216 g/mol. The maximum atomic E-state index is 4.14. The molecule has 0 radical (unpaired) electrons. The van der Waals surface area contributed by atoms with E-state index in [2.05, 4.69) is 38.9 Å². The Morgan fingerprint density at radius 3 is 2.88 bits per heavy atom. The van der Waals surface area contributed by atoms with E-state index in [1.165, 1.54) is 5.69 Å². The summed E-state index contributed by atoms with van der Waals surface area (Å²) in [6, 6.07) is 0.169. The third kappa shape index (κ3) is 2.52. The van der Waals surface area contributed by atoms with Gasteiger partial charge in [-0.15, -0.1) is 10.2 Å². The maximum absolute atomic E-state index is 4.14. The Morgan fingerprint density at radius 1 is 1.41 bits per heavy atom. The van der Waals surface area contributed by atoms with Crippen molar-refractivity contribution >= 4 is 0 Å². The molecule has 0 aliphatic rings. The molecule has 0 aromatic carbocycles. The van der Waals surface area contributed by atoms with Crippen LogP contribution < -0.4 is 5.32 Å². The summed E-state index contributed by atoms with van der Waals surface area (Å²) in [4.78, 5) is 4.14. The van der Waals surface area contributed by atoms with Crippen molar-refractivity contribution < 1.29 is 0 Å². The average molecular weight is 234 g/mol. The highest BCUT2D eigenvalue weighted by atomic mass is 15.3. The molecule has 0 aliphatic carbocycles. The molecule has 6 heteroatoms. The highest BCUT2D eigenvalue weighted by Crippen LogP contribution is 2.08. The summed E-state index contributed by atoms with van der Waals surface area (Å²) in [5.74, 6) is 0.938. The second-order valence-corrected chi connectivity index (χ2v) is 4.07. The van der Waals surface area contributed by atoms with Crippen LogP contribution in [0.4, 0.5) is 0 Å². The average Bonchev–Trinajstić information content (AvgIpc) is 2.94. The summed E-state index contributed by atoms with van der Waals surface area (Å²) in [5.41, 5.74) is 1.18. The van der Waals surface area contributed by atoms with Crippen molar-refractivity contribution in [3.8, 4) is 0 Å². The zero-order chi connectivity index (χ0) is 12.3. The van der Waals surface area contributed by atoms with Gasteiger partial charge in [0.2, 0.25) is 0 Å². The van der Waals surface area contributed by atoms with Gasteiger partial charge in [-0.25, -0.2) is 4.98 Å². The van der Waals surface area contributed by atoms with Crippen molar-refractivity contribution in [2.24, 2.45) is 7.05 Å². The van der Waals surface area contributed by atoms with Gasteiger partial charge < -0.3 is 14.5 Å². The fourth-order valence-corrected chi connectivity index (χ4v) is 1.81. The number of rotatable bonds is 5. The largest absolute Gasteiger partial charge is 0.334 e. The summed E-state index contributed by atoms with van der Waals surface area (Å²) in [6.45, 7) is 5.91. The lowest BCUT2D eigenvalue weighted by Gasteiger charge is -2.13. The lowest BCUT2D eigenvalue weighted by atomic mass is 10.3. The fraction of sp³-hybridized carbons (Fsp3) is 0.545. The number of hydrogen-bond acceptors (Lipinski definition) is 4. The first kappa shape index (κ1) is 11.8. The van der Waals surface area contributed by atoms with Crippen LogP contribution in [0.1, 0.15) is 31.4 Å². The van der Waals surface area contributed by atoms with Crippen molar-refractivity contribution in [2.75, 3.05) is 0 Å². The molecule has 2 heterocycles. The molecule has 2 aromatic rings. The molecule has 0 fully saturated rings. The first-order valence-electron chi connectivity index (χ1n) is 5.78. The van der Waals surface area contributed by atoms with Crippen LogP contribution in [-0.2, 0) is 20.1 Å². The van der Waals surface area contributed by atoms with Gasteiger partial charge in [-0.3, -0.25) is 0 Å². The van der Waals surface area contributed by atoms with Crippen LogP contribution in [0.2, 0.25) is 0 Å². The van der Waals surface area contributed by atoms with E-state index in [1.807, 2.05) is 24.1 Å². The second kappa shape index (κ2) is 5.09. The molecule has 0 spiro atoms. The van der Waals surface area contributed by atoms with Crippen LogP contribution in [0.15, 0.2) is 18.9 Å². The minimum Gasteiger partial charge on any atom is -0.334 e. The lowest BCUT2D eigenvalue weighted by molar-refractivity contribution is 0.513. The van der Waals surface area contributed by atoms with Crippen molar-refractivity contribution in [1.29, 1.82) is 0 Å². The van der Waals surface area contributed by atoms with E-state index in [1.54, 1.807) is 6.33 Å². The molecule has 17 heavy (non-hydrogen) atoms. The number of aryl methyl sites for hydroxylation is 2. The molecule has 2 aromatic heterocycles. The van der Waals surface area contributed by atoms with E-state index in [4.69, 9.17) is 0 Å². The van der Waals surface area contributed by atoms with Gasteiger partial charge in [0.05, 0.1) is 18.1 Å². The van der Waals surface area contributed by atoms with Crippen LogP contribution >= 0.6 is 0 Å². The Bertz CT molecular complexity index is 472. The molecule has 0 aliphatic heterocycles. The van der Waals surface area contributed by atoms with E-state index in [0.717, 1.165) is 18.9 Å². The monoisotopic (exact) mass is 234 g/mol. The summed E-state index contributed by atoms with van der Waals surface area (Å²) in [6.07, 6.45) is 5.45. The lowest BCUT2D eigenvalue weighted by Crippen LogP contribution is -2.22. The van der Waals surface area contributed by atoms with E-state index in [0.29, 0.717) is 0 Å². The van der Waals surface area contributed by atoms with Crippen molar-refractivity contribution in [2.45, 2.75) is 33.0 Å². The SMILES string of the molecule is CCn1cncc1CNC(C)c1nncn1C. The van der Waals surface area contributed by atoms with E-state index < -0.39 is 0 Å². The number of aromatic nitrogens is 5. The molecule has 0 saturated heterocycles. The number of nitrogens with one attached hydrogen (secondary N) is 1. The van der Waals surface area contributed by atoms with Crippen molar-refractivity contribution in [3.05, 3.63) is 30.4 Å². The van der Waals surface area contributed by atoms with Crippen LogP contribution in [0.3, 0.4) is 0 Å². The first-order valence-corrected chi connectivity index (χ1v) is 5.78. The minimum absolute atomic E-state index is 0.169. The molecule has 2 rings (SSSR count). The van der Waals surface area contributed by atoms with Crippen LogP contribution in [0.25, 0.3) is 0 Å². The fourth-order valence-electron chi connectivity index (χ4n) is 1.81. The Labute approximate surface area is 101 Å². The molecular formula is C11H18N6. The van der Waals surface area contributed by atoms with Gasteiger partial charge in [0, 0.05) is 26.3 Å². The molecule has 1 unspecified atom stereocenters. The first-order chi connectivity index (χ1) is 8.22. The molecule has 0 bridgehead atoms. The van der Waals surface area contributed by atoms with Gasteiger partial charge >= 0.3 is 0 Å². The maximum Gasteiger partial charge on any atom is 0.149 e. The Morgan fingerprint density at radius 2 is 2.24 bits per heavy atom. The number of imidazole rings is 1. The Hall–Kier alpha value is -1.69. The molecule has 6 nitrogen and oxygen atoms in total. The molecule has 1 atom stereocenters. The number of hydrogen-bond donors (Lipinski definition) is 1. The van der Waals surface area contributed by atoms with Gasteiger partial charge in [-0.05, 0) is 13.8 Å². The second-order valence-electron chi connectivity index (χ2n) is 4.07. The topological polar surface area (TPSA) is 60.6 Å². The van der Waals surface area contributed by atoms with Gasteiger partial charge in [-0.1, -0.05) is 0 Å². The quantitative estimate of drug-likeness (QED) is 0.834. The predicted molar refractivity (Wildman–Crippen MR) is 64.2 cm³/mol. The van der Waals surface area contributed by atoms with Gasteiger partial charge in [0.15, 0.2) is 0 Å². The summed E-state index contributed by atoms with van der Waals surface area (Å²) < 4.78 is 4.05. The zero-order valence-electron chi connectivity index (χ0n) is 10.5.